The van der Waals surface area contributed by atoms with E-state index in [4.69, 9.17) is 16.3 Å². The normalized spacial score (nSPS) is 21.0. The topological polar surface area (TPSA) is 66.8 Å². The molecule has 0 spiro atoms. The number of benzene rings is 1. The Morgan fingerprint density at radius 1 is 1.32 bits per heavy atom. The highest BCUT2D eigenvalue weighted by molar-refractivity contribution is 6.17. The molecule has 22 heavy (non-hydrogen) atoms. The molecule has 6 heteroatoms. The van der Waals surface area contributed by atoms with Crippen LogP contribution in [0, 0.1) is 0 Å². The Labute approximate surface area is 134 Å². The van der Waals surface area contributed by atoms with E-state index in [0.29, 0.717) is 18.7 Å². The van der Waals surface area contributed by atoms with Crippen molar-refractivity contribution in [2.45, 2.75) is 31.6 Å². The van der Waals surface area contributed by atoms with Gasteiger partial charge in [-0.2, -0.15) is 0 Å². The van der Waals surface area contributed by atoms with Crippen molar-refractivity contribution in [1.29, 1.82) is 0 Å². The zero-order valence-corrected chi connectivity index (χ0v) is 12.8. The third-order valence-corrected chi connectivity index (χ3v) is 3.73. The largest absolute Gasteiger partial charge is 0.444 e. The summed E-state index contributed by atoms with van der Waals surface area (Å²) < 4.78 is 5.24. The average Bonchev–Trinajstić information content (AvgIpc) is 2.55. The summed E-state index contributed by atoms with van der Waals surface area (Å²) in [6.45, 7) is 0.135. The summed E-state index contributed by atoms with van der Waals surface area (Å²) in [7, 11) is 0. The van der Waals surface area contributed by atoms with Crippen molar-refractivity contribution in [1.82, 2.24) is 4.90 Å². The number of ketones is 1. The second-order valence-corrected chi connectivity index (χ2v) is 5.39. The van der Waals surface area contributed by atoms with Crippen LogP contribution in [0.25, 0.3) is 0 Å². The highest BCUT2D eigenvalue weighted by Gasteiger charge is 2.35. The first kappa shape index (κ1) is 16.5. The third kappa shape index (κ3) is 4.08. The summed E-state index contributed by atoms with van der Waals surface area (Å²) in [4.78, 5) is 25.0. The second-order valence-electron chi connectivity index (χ2n) is 5.01. The van der Waals surface area contributed by atoms with E-state index in [1.165, 1.54) is 17.2 Å². The van der Waals surface area contributed by atoms with Gasteiger partial charge in [0.1, 0.15) is 12.7 Å². The average molecular weight is 324 g/mol. The quantitative estimate of drug-likeness (QED) is 0.845. The molecule has 0 fully saturated rings. The molecular formula is C16H18ClNO4. The van der Waals surface area contributed by atoms with Gasteiger partial charge in [0.05, 0.1) is 6.04 Å². The summed E-state index contributed by atoms with van der Waals surface area (Å²) in [5.74, 6) is -0.0136. The van der Waals surface area contributed by atoms with Gasteiger partial charge in [-0.25, -0.2) is 4.79 Å². The van der Waals surface area contributed by atoms with Crippen LogP contribution in [0.4, 0.5) is 4.79 Å². The second kappa shape index (κ2) is 7.96. The van der Waals surface area contributed by atoms with E-state index in [9.17, 15) is 14.7 Å². The molecule has 0 bridgehead atoms. The Bertz CT molecular complexity index is 546. The minimum absolute atomic E-state index is 0.135. The molecule has 1 heterocycles. The lowest BCUT2D eigenvalue weighted by Crippen LogP contribution is -2.50. The fourth-order valence-corrected chi connectivity index (χ4v) is 2.43. The molecule has 0 aromatic heterocycles. The number of hydrogen-bond acceptors (Lipinski definition) is 4. The molecule has 1 aliphatic rings. The van der Waals surface area contributed by atoms with Crippen molar-refractivity contribution in [3.8, 4) is 0 Å². The Morgan fingerprint density at radius 2 is 2.05 bits per heavy atom. The van der Waals surface area contributed by atoms with E-state index in [0.717, 1.165) is 5.56 Å². The molecule has 1 N–H and O–H groups in total. The molecule has 1 amide bonds. The standard InChI is InChI=1S/C16H18ClNO4/c17-9-4-7-13-15(20)14(19)8-10-18(13)16(21)22-11-12-5-2-1-3-6-12/h1-3,5-6,8,10,13,15,20H,4,7,9,11H2/t13-,15-/m0/s1. The molecule has 0 radical (unpaired) electrons. The summed E-state index contributed by atoms with van der Waals surface area (Å²) in [6, 6.07) is 8.65. The molecular weight excluding hydrogens is 306 g/mol. The molecule has 0 saturated carbocycles. The van der Waals surface area contributed by atoms with Gasteiger partial charge in [0, 0.05) is 18.2 Å². The Balaban J connectivity index is 2.02. The van der Waals surface area contributed by atoms with Crippen molar-refractivity contribution in [2.75, 3.05) is 5.88 Å². The Kier molecular flexibility index (Phi) is 5.98. The lowest BCUT2D eigenvalue weighted by Gasteiger charge is -2.33. The van der Waals surface area contributed by atoms with Gasteiger partial charge in [0.2, 0.25) is 0 Å². The lowest BCUT2D eigenvalue weighted by atomic mass is 9.98. The molecule has 0 unspecified atom stereocenters. The Hall–Kier alpha value is -1.85. The number of rotatable bonds is 5. The number of alkyl halides is 1. The van der Waals surface area contributed by atoms with Gasteiger partial charge < -0.3 is 9.84 Å². The highest BCUT2D eigenvalue weighted by atomic mass is 35.5. The number of hydrogen-bond donors (Lipinski definition) is 1. The number of amides is 1. The maximum absolute atomic E-state index is 12.2. The van der Waals surface area contributed by atoms with E-state index in [2.05, 4.69) is 0 Å². The zero-order valence-electron chi connectivity index (χ0n) is 12.0. The molecule has 0 aliphatic carbocycles. The lowest BCUT2D eigenvalue weighted by molar-refractivity contribution is -0.126. The van der Waals surface area contributed by atoms with Gasteiger partial charge in [-0.15, -0.1) is 11.6 Å². The molecule has 2 atom stereocenters. The third-order valence-electron chi connectivity index (χ3n) is 3.46. The number of ether oxygens (including phenoxy) is 1. The number of halogens is 1. The van der Waals surface area contributed by atoms with E-state index >= 15 is 0 Å². The van der Waals surface area contributed by atoms with Crippen LogP contribution in [0.3, 0.4) is 0 Å². The zero-order chi connectivity index (χ0) is 15.9. The van der Waals surface area contributed by atoms with Crippen molar-refractivity contribution < 1.29 is 19.4 Å². The van der Waals surface area contributed by atoms with Crippen LogP contribution in [0.15, 0.2) is 42.6 Å². The van der Waals surface area contributed by atoms with Crippen molar-refractivity contribution in [3.05, 3.63) is 48.2 Å². The van der Waals surface area contributed by atoms with Crippen LogP contribution in [0.5, 0.6) is 0 Å². The first-order chi connectivity index (χ1) is 10.6. The minimum atomic E-state index is -1.24. The van der Waals surface area contributed by atoms with Crippen LogP contribution in [0.1, 0.15) is 18.4 Å². The smallest absolute Gasteiger partial charge is 0.414 e. The number of carbonyl (C=O) groups is 2. The van der Waals surface area contributed by atoms with Crippen molar-refractivity contribution in [2.24, 2.45) is 0 Å². The fourth-order valence-electron chi connectivity index (χ4n) is 2.28. The molecule has 1 aromatic rings. The number of carbonyl (C=O) groups excluding carboxylic acids is 2. The van der Waals surface area contributed by atoms with Crippen LogP contribution in [-0.4, -0.2) is 39.9 Å². The van der Waals surface area contributed by atoms with Crippen LogP contribution in [-0.2, 0) is 16.1 Å². The SMILES string of the molecule is O=C1C=CN(C(=O)OCc2ccccc2)[C@@H](CCCCl)[C@@H]1O. The predicted octanol–water partition coefficient (Wildman–Crippen LogP) is 2.47. The summed E-state index contributed by atoms with van der Waals surface area (Å²) in [5, 5.41) is 9.98. The van der Waals surface area contributed by atoms with E-state index in [1.807, 2.05) is 30.3 Å². The van der Waals surface area contributed by atoms with Gasteiger partial charge in [0.25, 0.3) is 0 Å². The first-order valence-corrected chi connectivity index (χ1v) is 7.62. The fraction of sp³-hybridized carbons (Fsp3) is 0.375. The summed E-state index contributed by atoms with van der Waals surface area (Å²) >= 11 is 5.65. The summed E-state index contributed by atoms with van der Waals surface area (Å²) in [6.07, 6.45) is 1.74. The van der Waals surface area contributed by atoms with E-state index < -0.39 is 24.0 Å². The molecule has 5 nitrogen and oxygen atoms in total. The molecule has 1 aliphatic heterocycles. The molecule has 0 saturated heterocycles. The van der Waals surface area contributed by atoms with Crippen molar-refractivity contribution >= 4 is 23.5 Å². The van der Waals surface area contributed by atoms with E-state index in [1.54, 1.807) is 0 Å². The first-order valence-electron chi connectivity index (χ1n) is 7.08. The maximum Gasteiger partial charge on any atom is 0.414 e. The van der Waals surface area contributed by atoms with Gasteiger partial charge in [-0.3, -0.25) is 9.69 Å². The van der Waals surface area contributed by atoms with Gasteiger partial charge in [0.15, 0.2) is 5.78 Å². The summed E-state index contributed by atoms with van der Waals surface area (Å²) in [5.41, 5.74) is 0.866. The van der Waals surface area contributed by atoms with Crippen LogP contribution in [0.2, 0.25) is 0 Å². The van der Waals surface area contributed by atoms with E-state index in [-0.39, 0.29) is 6.61 Å². The minimum Gasteiger partial charge on any atom is -0.444 e. The number of nitrogens with zero attached hydrogens (tertiary/aromatic N) is 1. The molecule has 1 aromatic carbocycles. The number of aliphatic hydroxyl groups is 1. The maximum atomic E-state index is 12.2. The van der Waals surface area contributed by atoms with Gasteiger partial charge >= 0.3 is 6.09 Å². The van der Waals surface area contributed by atoms with Gasteiger partial charge in [-0.05, 0) is 18.4 Å². The molecule has 2 rings (SSSR count). The monoisotopic (exact) mass is 323 g/mol. The van der Waals surface area contributed by atoms with Gasteiger partial charge in [-0.1, -0.05) is 30.3 Å². The number of aliphatic hydroxyl groups excluding tert-OH is 1. The highest BCUT2D eigenvalue weighted by Crippen LogP contribution is 2.20. The molecule has 118 valence electrons. The van der Waals surface area contributed by atoms with Crippen LogP contribution < -0.4 is 0 Å². The van der Waals surface area contributed by atoms with Crippen LogP contribution >= 0.6 is 11.6 Å². The Morgan fingerprint density at radius 3 is 2.73 bits per heavy atom. The van der Waals surface area contributed by atoms with Crippen molar-refractivity contribution in [3.63, 3.8) is 0 Å². The predicted molar refractivity (Wildman–Crippen MR) is 82.4 cm³/mol.